The van der Waals surface area contributed by atoms with Crippen molar-refractivity contribution in [2.24, 2.45) is 11.8 Å². The van der Waals surface area contributed by atoms with Crippen LogP contribution >= 0.6 is 0 Å². The van der Waals surface area contributed by atoms with Crippen molar-refractivity contribution in [3.8, 4) is 0 Å². The summed E-state index contributed by atoms with van der Waals surface area (Å²) in [7, 11) is 0. The van der Waals surface area contributed by atoms with Gasteiger partial charge >= 0.3 is 0 Å². The van der Waals surface area contributed by atoms with Crippen molar-refractivity contribution in [1.29, 1.82) is 0 Å². The lowest BCUT2D eigenvalue weighted by atomic mass is 10.0. The Kier molecular flexibility index (Phi) is 6.10. The van der Waals surface area contributed by atoms with E-state index in [0.29, 0.717) is 6.04 Å². The summed E-state index contributed by atoms with van der Waals surface area (Å²) in [5, 5.41) is 3.77. The molecule has 1 aliphatic rings. The maximum Gasteiger partial charge on any atom is 0.0412 e. The van der Waals surface area contributed by atoms with E-state index in [4.69, 9.17) is 0 Å². The number of rotatable bonds is 6. The molecule has 0 radical (unpaired) electrons. The average Bonchev–Trinajstić information content (AvgIpc) is 2.64. The zero-order valence-electron chi connectivity index (χ0n) is 14.2. The number of fused-ring (bicyclic) bond motifs is 1. The van der Waals surface area contributed by atoms with Gasteiger partial charge in [0.15, 0.2) is 0 Å². The van der Waals surface area contributed by atoms with Gasteiger partial charge in [0.2, 0.25) is 0 Å². The van der Waals surface area contributed by atoms with Crippen molar-refractivity contribution in [1.82, 2.24) is 5.32 Å². The molecule has 1 atom stereocenters. The Hall–Kier alpha value is -1.02. The summed E-state index contributed by atoms with van der Waals surface area (Å²) in [5.41, 5.74) is 2.90. The second-order valence-corrected chi connectivity index (χ2v) is 6.92. The van der Waals surface area contributed by atoms with Gasteiger partial charge in [0.05, 0.1) is 0 Å². The molecule has 0 bridgehead atoms. The fourth-order valence-electron chi connectivity index (χ4n) is 3.41. The predicted octanol–water partition coefficient (Wildman–Crippen LogP) is 4.45. The van der Waals surface area contributed by atoms with Gasteiger partial charge in [0.25, 0.3) is 0 Å². The summed E-state index contributed by atoms with van der Waals surface area (Å²) in [6.45, 7) is 12.6. The molecule has 2 nitrogen and oxygen atoms in total. The average molecular weight is 288 g/mol. The summed E-state index contributed by atoms with van der Waals surface area (Å²) in [4.78, 5) is 2.64. The summed E-state index contributed by atoms with van der Waals surface area (Å²) >= 11 is 0. The number of para-hydroxylation sites is 1. The van der Waals surface area contributed by atoms with E-state index in [-0.39, 0.29) is 0 Å². The van der Waals surface area contributed by atoms with E-state index < -0.39 is 0 Å². The zero-order valence-corrected chi connectivity index (χ0v) is 14.2. The van der Waals surface area contributed by atoms with Gasteiger partial charge in [0.1, 0.15) is 0 Å². The third-order valence-corrected chi connectivity index (χ3v) is 4.74. The molecule has 0 amide bonds. The van der Waals surface area contributed by atoms with Crippen LogP contribution in [0.3, 0.4) is 0 Å². The third-order valence-electron chi connectivity index (χ3n) is 4.74. The first-order valence-corrected chi connectivity index (χ1v) is 8.70. The van der Waals surface area contributed by atoms with E-state index in [1.807, 2.05) is 0 Å². The van der Waals surface area contributed by atoms with Crippen LogP contribution < -0.4 is 10.2 Å². The molecule has 1 N–H and O–H groups in total. The molecule has 1 aromatic carbocycles. The highest BCUT2D eigenvalue weighted by molar-refractivity contribution is 5.54. The van der Waals surface area contributed by atoms with Crippen molar-refractivity contribution >= 4 is 5.69 Å². The van der Waals surface area contributed by atoms with Crippen LogP contribution in [0.5, 0.6) is 0 Å². The van der Waals surface area contributed by atoms with E-state index in [2.05, 4.69) is 62.2 Å². The molecule has 1 heterocycles. The van der Waals surface area contributed by atoms with Gasteiger partial charge in [-0.05, 0) is 29.9 Å². The largest absolute Gasteiger partial charge is 0.369 e. The fraction of sp³-hybridized carbons (Fsp3) is 0.684. The van der Waals surface area contributed by atoms with E-state index >= 15 is 0 Å². The fourth-order valence-corrected chi connectivity index (χ4v) is 3.41. The van der Waals surface area contributed by atoms with Crippen LogP contribution in [0.15, 0.2) is 24.3 Å². The smallest absolute Gasteiger partial charge is 0.0412 e. The number of anilines is 1. The van der Waals surface area contributed by atoms with E-state index in [0.717, 1.165) is 24.9 Å². The highest BCUT2D eigenvalue weighted by Crippen LogP contribution is 2.26. The molecule has 2 heteroatoms. The molecule has 0 saturated heterocycles. The highest BCUT2D eigenvalue weighted by Gasteiger charge is 2.23. The van der Waals surface area contributed by atoms with Crippen molar-refractivity contribution in [2.75, 3.05) is 18.0 Å². The molecule has 0 aromatic heterocycles. The second-order valence-electron chi connectivity index (χ2n) is 6.92. The van der Waals surface area contributed by atoms with Gasteiger partial charge in [-0.2, -0.15) is 0 Å². The lowest BCUT2D eigenvalue weighted by Crippen LogP contribution is -2.41. The Morgan fingerprint density at radius 3 is 2.57 bits per heavy atom. The highest BCUT2D eigenvalue weighted by atomic mass is 15.2. The van der Waals surface area contributed by atoms with Crippen LogP contribution in [0.4, 0.5) is 5.69 Å². The van der Waals surface area contributed by atoms with Gasteiger partial charge in [-0.15, -0.1) is 0 Å². The quantitative estimate of drug-likeness (QED) is 0.832. The number of benzene rings is 1. The van der Waals surface area contributed by atoms with Gasteiger partial charge in [-0.3, -0.25) is 0 Å². The summed E-state index contributed by atoms with van der Waals surface area (Å²) in [5.74, 6) is 1.55. The molecule has 0 aliphatic carbocycles. The molecular formula is C19H32N2. The van der Waals surface area contributed by atoms with Crippen LogP contribution in [0.25, 0.3) is 0 Å². The molecule has 2 rings (SSSR count). The standard InChI is InChI=1S/C19H32N2/c1-5-16(6-2)13-21-14-18(11-15(3)4)20-12-17-9-7-8-10-19(17)21/h7-10,15-16,18,20H,5-6,11-14H2,1-4H3. The Labute approximate surface area is 130 Å². The number of hydrogen-bond donors (Lipinski definition) is 1. The molecule has 0 spiro atoms. The van der Waals surface area contributed by atoms with Crippen molar-refractivity contribution < 1.29 is 0 Å². The van der Waals surface area contributed by atoms with Crippen LogP contribution in [0.2, 0.25) is 0 Å². The lowest BCUT2D eigenvalue weighted by molar-refractivity contribution is 0.407. The molecule has 1 aliphatic heterocycles. The number of nitrogens with zero attached hydrogens (tertiary/aromatic N) is 1. The second kappa shape index (κ2) is 7.84. The predicted molar refractivity (Wildman–Crippen MR) is 92.8 cm³/mol. The number of nitrogens with one attached hydrogen (secondary N) is 1. The molecule has 0 saturated carbocycles. The SMILES string of the molecule is CCC(CC)CN1CC(CC(C)C)NCc2ccccc21. The van der Waals surface area contributed by atoms with Gasteiger partial charge in [0, 0.05) is 31.4 Å². The third kappa shape index (κ3) is 4.47. The Morgan fingerprint density at radius 1 is 1.19 bits per heavy atom. The van der Waals surface area contributed by atoms with Crippen molar-refractivity contribution in [2.45, 2.75) is 59.5 Å². The maximum atomic E-state index is 3.77. The minimum absolute atomic E-state index is 0.603. The minimum Gasteiger partial charge on any atom is -0.369 e. The molecule has 0 fully saturated rings. The molecule has 21 heavy (non-hydrogen) atoms. The van der Waals surface area contributed by atoms with Crippen molar-refractivity contribution in [3.05, 3.63) is 29.8 Å². The monoisotopic (exact) mass is 288 g/mol. The Morgan fingerprint density at radius 2 is 1.90 bits per heavy atom. The number of hydrogen-bond acceptors (Lipinski definition) is 2. The first kappa shape index (κ1) is 16.4. The van der Waals surface area contributed by atoms with E-state index in [1.54, 1.807) is 0 Å². The van der Waals surface area contributed by atoms with Gasteiger partial charge < -0.3 is 10.2 Å². The summed E-state index contributed by atoms with van der Waals surface area (Å²) in [6, 6.07) is 9.53. The minimum atomic E-state index is 0.603. The molecule has 1 unspecified atom stereocenters. The zero-order chi connectivity index (χ0) is 15.2. The van der Waals surface area contributed by atoms with Gasteiger partial charge in [-0.25, -0.2) is 0 Å². The van der Waals surface area contributed by atoms with E-state index in [9.17, 15) is 0 Å². The van der Waals surface area contributed by atoms with Crippen LogP contribution in [-0.4, -0.2) is 19.1 Å². The summed E-state index contributed by atoms with van der Waals surface area (Å²) < 4.78 is 0. The molecular weight excluding hydrogens is 256 g/mol. The first-order valence-electron chi connectivity index (χ1n) is 8.70. The maximum absolute atomic E-state index is 3.77. The lowest BCUT2D eigenvalue weighted by Gasteiger charge is -2.31. The molecule has 118 valence electrons. The van der Waals surface area contributed by atoms with Crippen molar-refractivity contribution in [3.63, 3.8) is 0 Å². The first-order chi connectivity index (χ1) is 10.1. The van der Waals surface area contributed by atoms with Crippen LogP contribution in [0.1, 0.15) is 52.5 Å². The van der Waals surface area contributed by atoms with Crippen LogP contribution in [-0.2, 0) is 6.54 Å². The Balaban J connectivity index is 2.18. The van der Waals surface area contributed by atoms with E-state index in [1.165, 1.54) is 37.1 Å². The Bertz CT molecular complexity index is 423. The van der Waals surface area contributed by atoms with Crippen LogP contribution in [0, 0.1) is 11.8 Å². The topological polar surface area (TPSA) is 15.3 Å². The van der Waals surface area contributed by atoms with Gasteiger partial charge in [-0.1, -0.05) is 58.7 Å². The molecule has 1 aromatic rings. The normalized spacial score (nSPS) is 19.0. The summed E-state index contributed by atoms with van der Waals surface area (Å²) in [6.07, 6.45) is 3.81.